The number of nitrogens with zero attached hydrogens (tertiary/aromatic N) is 3. The number of methoxy groups -OCH3 is 1. The van der Waals surface area contributed by atoms with Gasteiger partial charge in [-0.1, -0.05) is 12.1 Å². The van der Waals surface area contributed by atoms with Crippen molar-refractivity contribution < 1.29 is 13.9 Å². The zero-order valence-corrected chi connectivity index (χ0v) is 17.8. The predicted octanol–water partition coefficient (Wildman–Crippen LogP) is 4.13. The third-order valence-electron chi connectivity index (χ3n) is 4.72. The van der Waals surface area contributed by atoms with Crippen LogP contribution in [0.15, 0.2) is 50.9 Å². The van der Waals surface area contributed by atoms with E-state index in [1.165, 1.54) is 0 Å². The third-order valence-corrected chi connectivity index (χ3v) is 5.98. The van der Waals surface area contributed by atoms with Crippen LogP contribution in [0.4, 0.5) is 0 Å². The van der Waals surface area contributed by atoms with Crippen LogP contribution in [-0.2, 0) is 6.54 Å². The lowest BCUT2D eigenvalue weighted by Gasteiger charge is -2.33. The van der Waals surface area contributed by atoms with E-state index in [1.54, 1.807) is 30.6 Å². The maximum absolute atomic E-state index is 12.5. The zero-order valence-electron chi connectivity index (χ0n) is 15.4. The molecule has 0 aliphatic carbocycles. The summed E-state index contributed by atoms with van der Waals surface area (Å²) in [5, 5.41) is 3.16. The molecular weight excluding hydrogens is 442 g/mol. The molecule has 8 heteroatoms. The maximum Gasteiger partial charge on any atom is 0.289 e. The zero-order chi connectivity index (χ0) is 19.5. The number of benzene rings is 1. The van der Waals surface area contributed by atoms with Gasteiger partial charge in [0.05, 0.1) is 19.3 Å². The molecule has 0 saturated carbocycles. The van der Waals surface area contributed by atoms with Gasteiger partial charge < -0.3 is 14.1 Å². The summed E-state index contributed by atoms with van der Waals surface area (Å²) in [5.41, 5.74) is 2.03. The summed E-state index contributed by atoms with van der Waals surface area (Å²) >= 11 is 4.90. The summed E-state index contributed by atoms with van der Waals surface area (Å²) in [4.78, 5) is 21.4. The van der Waals surface area contributed by atoms with Crippen molar-refractivity contribution >= 4 is 33.2 Å². The Morgan fingerprint density at radius 3 is 2.79 bits per heavy atom. The van der Waals surface area contributed by atoms with Gasteiger partial charge in [0, 0.05) is 37.1 Å². The molecule has 28 heavy (non-hydrogen) atoms. The molecule has 146 valence electrons. The molecule has 0 radical (unpaired) electrons. The van der Waals surface area contributed by atoms with Crippen molar-refractivity contribution in [3.05, 3.63) is 57.2 Å². The number of furan rings is 1. The second kappa shape index (κ2) is 8.46. The van der Waals surface area contributed by atoms with Crippen LogP contribution in [0.1, 0.15) is 15.6 Å². The van der Waals surface area contributed by atoms with Gasteiger partial charge in [0.15, 0.2) is 10.4 Å². The molecule has 3 heterocycles. The van der Waals surface area contributed by atoms with Gasteiger partial charge in [0.25, 0.3) is 5.91 Å². The molecule has 1 fully saturated rings. The van der Waals surface area contributed by atoms with Crippen LogP contribution in [0.2, 0.25) is 0 Å². The Kier molecular flexibility index (Phi) is 5.79. The molecule has 2 aromatic heterocycles. The lowest BCUT2D eigenvalue weighted by atomic mass is 10.2. The first kappa shape index (κ1) is 19.2. The number of amides is 1. The number of aromatic nitrogens is 1. The number of rotatable bonds is 5. The lowest BCUT2D eigenvalue weighted by Crippen LogP contribution is -2.48. The quantitative estimate of drug-likeness (QED) is 0.571. The smallest absolute Gasteiger partial charge is 0.289 e. The summed E-state index contributed by atoms with van der Waals surface area (Å²) in [6, 6.07) is 11.4. The van der Waals surface area contributed by atoms with E-state index >= 15 is 0 Å². The van der Waals surface area contributed by atoms with Crippen LogP contribution >= 0.6 is 27.3 Å². The molecule has 1 aromatic carbocycles. The number of thiazole rings is 1. The molecular formula is C20H20BrN3O3S. The molecule has 6 nitrogen and oxygen atoms in total. The molecule has 0 unspecified atom stereocenters. The summed E-state index contributed by atoms with van der Waals surface area (Å²) in [7, 11) is 1.67. The second-order valence-corrected chi connectivity index (χ2v) is 8.25. The summed E-state index contributed by atoms with van der Waals surface area (Å²) in [5.74, 6) is 1.15. The van der Waals surface area contributed by atoms with Crippen LogP contribution in [0.5, 0.6) is 5.75 Å². The first-order valence-corrected chi connectivity index (χ1v) is 10.7. The van der Waals surface area contributed by atoms with Gasteiger partial charge >= 0.3 is 0 Å². The van der Waals surface area contributed by atoms with Crippen molar-refractivity contribution in [1.82, 2.24) is 14.8 Å². The van der Waals surface area contributed by atoms with Crippen molar-refractivity contribution in [2.24, 2.45) is 0 Å². The van der Waals surface area contributed by atoms with E-state index < -0.39 is 0 Å². The topological polar surface area (TPSA) is 58.8 Å². The van der Waals surface area contributed by atoms with Crippen molar-refractivity contribution in [2.75, 3.05) is 33.3 Å². The maximum atomic E-state index is 12.5. The predicted molar refractivity (Wildman–Crippen MR) is 112 cm³/mol. The minimum atomic E-state index is -0.0556. The van der Waals surface area contributed by atoms with Crippen LogP contribution in [0.3, 0.4) is 0 Å². The van der Waals surface area contributed by atoms with E-state index in [2.05, 4.69) is 26.2 Å². The van der Waals surface area contributed by atoms with E-state index in [0.29, 0.717) is 23.5 Å². The van der Waals surface area contributed by atoms with E-state index in [9.17, 15) is 4.79 Å². The average Bonchev–Trinajstić information content (AvgIpc) is 3.37. The summed E-state index contributed by atoms with van der Waals surface area (Å²) in [6.45, 7) is 3.81. The van der Waals surface area contributed by atoms with Crippen LogP contribution in [0.25, 0.3) is 11.3 Å². The highest BCUT2D eigenvalue weighted by atomic mass is 79.9. The second-order valence-electron chi connectivity index (χ2n) is 6.53. The van der Waals surface area contributed by atoms with Crippen LogP contribution in [0, 0.1) is 0 Å². The fraction of sp³-hybridized carbons (Fsp3) is 0.300. The Labute approximate surface area is 175 Å². The van der Waals surface area contributed by atoms with Crippen molar-refractivity contribution in [2.45, 2.75) is 6.54 Å². The fourth-order valence-electron chi connectivity index (χ4n) is 3.18. The highest BCUT2D eigenvalue weighted by molar-refractivity contribution is 9.10. The SMILES string of the molecule is COc1cccc(-c2csc(CN3CCN(C(=O)c4ccc(Br)o4)CC3)n2)c1. The molecule has 0 atom stereocenters. The lowest BCUT2D eigenvalue weighted by molar-refractivity contribution is 0.0596. The molecule has 1 aliphatic rings. The first-order valence-electron chi connectivity index (χ1n) is 8.98. The van der Waals surface area contributed by atoms with Gasteiger partial charge in [-0.25, -0.2) is 4.98 Å². The average molecular weight is 462 g/mol. The molecule has 1 saturated heterocycles. The van der Waals surface area contributed by atoms with Gasteiger partial charge in [-0.2, -0.15) is 0 Å². The van der Waals surface area contributed by atoms with E-state index in [4.69, 9.17) is 14.1 Å². The molecule has 0 bridgehead atoms. The Hall–Kier alpha value is -2.16. The molecule has 4 rings (SSSR count). The standard InChI is InChI=1S/C20H20BrN3O3S/c1-26-15-4-2-3-14(11-15)16-13-28-19(22-16)12-23-7-9-24(10-8-23)20(25)17-5-6-18(21)27-17/h2-6,11,13H,7-10,12H2,1H3. The van der Waals surface area contributed by atoms with Crippen LogP contribution < -0.4 is 4.74 Å². The highest BCUT2D eigenvalue weighted by Crippen LogP contribution is 2.26. The number of ether oxygens (including phenoxy) is 1. The Morgan fingerprint density at radius 2 is 2.07 bits per heavy atom. The molecule has 3 aromatic rings. The number of hydrogen-bond acceptors (Lipinski definition) is 6. The normalized spacial score (nSPS) is 15.0. The minimum absolute atomic E-state index is 0.0556. The number of piperazine rings is 1. The minimum Gasteiger partial charge on any atom is -0.497 e. The highest BCUT2D eigenvalue weighted by Gasteiger charge is 2.24. The van der Waals surface area contributed by atoms with Crippen molar-refractivity contribution in [1.29, 1.82) is 0 Å². The first-order chi connectivity index (χ1) is 13.6. The van der Waals surface area contributed by atoms with Crippen molar-refractivity contribution in [3.8, 4) is 17.0 Å². The number of carbonyl (C=O) groups is 1. The number of halogens is 1. The number of hydrogen-bond donors (Lipinski definition) is 0. The fourth-order valence-corrected chi connectivity index (χ4v) is 4.34. The van der Waals surface area contributed by atoms with Gasteiger partial charge in [0.1, 0.15) is 10.8 Å². The van der Waals surface area contributed by atoms with Crippen molar-refractivity contribution in [3.63, 3.8) is 0 Å². The van der Waals surface area contributed by atoms with E-state index in [-0.39, 0.29) is 5.91 Å². The molecule has 1 amide bonds. The Bertz CT molecular complexity index is 963. The van der Waals surface area contributed by atoms with Gasteiger partial charge in [-0.3, -0.25) is 9.69 Å². The third kappa shape index (κ3) is 4.29. The molecule has 0 N–H and O–H groups in total. The summed E-state index contributed by atoms with van der Waals surface area (Å²) < 4.78 is 11.2. The molecule has 1 aliphatic heterocycles. The van der Waals surface area contributed by atoms with E-state index in [0.717, 1.165) is 41.6 Å². The Morgan fingerprint density at radius 1 is 1.25 bits per heavy atom. The van der Waals surface area contributed by atoms with Gasteiger partial charge in [-0.15, -0.1) is 11.3 Å². The Balaban J connectivity index is 1.34. The largest absolute Gasteiger partial charge is 0.497 e. The van der Waals surface area contributed by atoms with Gasteiger partial charge in [0.2, 0.25) is 0 Å². The monoisotopic (exact) mass is 461 g/mol. The number of carbonyl (C=O) groups excluding carboxylic acids is 1. The van der Waals surface area contributed by atoms with Gasteiger partial charge in [-0.05, 0) is 40.2 Å². The van der Waals surface area contributed by atoms with E-state index in [1.807, 2.05) is 29.2 Å². The summed E-state index contributed by atoms with van der Waals surface area (Å²) in [6.07, 6.45) is 0. The van der Waals surface area contributed by atoms with Crippen LogP contribution in [-0.4, -0.2) is 54.0 Å². The molecule has 0 spiro atoms.